The highest BCUT2D eigenvalue weighted by molar-refractivity contribution is 6.29. The molecule has 2 nitrogen and oxygen atoms in total. The van der Waals surface area contributed by atoms with Crippen molar-refractivity contribution >= 4 is 53.9 Å². The number of benzene rings is 10. The number of nitriles is 2. The maximum atomic E-state index is 10.0. The molecule has 0 atom stereocenters. The highest BCUT2D eigenvalue weighted by Crippen LogP contribution is 2.55. The van der Waals surface area contributed by atoms with Gasteiger partial charge in [0.15, 0.2) is 0 Å². The summed E-state index contributed by atoms with van der Waals surface area (Å²) in [4.78, 5) is 0. The molecule has 0 unspecified atom stereocenters. The lowest BCUT2D eigenvalue weighted by Crippen LogP contribution is -1.92. The van der Waals surface area contributed by atoms with Gasteiger partial charge in [-0.15, -0.1) is 0 Å². The molecular weight excluding hydrogens is 653 g/mol. The van der Waals surface area contributed by atoms with E-state index < -0.39 is 0 Å². The van der Waals surface area contributed by atoms with E-state index in [0.29, 0.717) is 11.1 Å². The molecular formula is C52H26N2. The summed E-state index contributed by atoms with van der Waals surface area (Å²) in [7, 11) is 0. The summed E-state index contributed by atoms with van der Waals surface area (Å²) in [6, 6.07) is 61.4. The van der Waals surface area contributed by atoms with Gasteiger partial charge in [-0.3, -0.25) is 0 Å². The second kappa shape index (κ2) is 10.5. The molecule has 0 heterocycles. The van der Waals surface area contributed by atoms with E-state index in [4.69, 9.17) is 0 Å². The summed E-state index contributed by atoms with van der Waals surface area (Å²) in [6.07, 6.45) is 0. The van der Waals surface area contributed by atoms with Crippen molar-refractivity contribution in [2.24, 2.45) is 0 Å². The van der Waals surface area contributed by atoms with Crippen LogP contribution in [0.1, 0.15) is 11.1 Å². The summed E-state index contributed by atoms with van der Waals surface area (Å²) in [5, 5.41) is 32.1. The van der Waals surface area contributed by atoms with Crippen molar-refractivity contribution in [3.8, 4) is 78.9 Å². The van der Waals surface area contributed by atoms with Crippen LogP contribution in [0.3, 0.4) is 0 Å². The first-order valence-electron chi connectivity index (χ1n) is 18.3. The number of fused-ring (bicyclic) bond motifs is 11. The Bertz CT molecular complexity index is 3450. The van der Waals surface area contributed by atoms with Crippen molar-refractivity contribution in [1.82, 2.24) is 0 Å². The zero-order valence-electron chi connectivity index (χ0n) is 28.9. The Hall–Kier alpha value is -7.52. The normalized spacial score (nSPS) is 12.0. The van der Waals surface area contributed by atoms with Gasteiger partial charge in [0.05, 0.1) is 23.3 Å². The van der Waals surface area contributed by atoms with Crippen LogP contribution in [0.5, 0.6) is 0 Å². The van der Waals surface area contributed by atoms with Gasteiger partial charge < -0.3 is 0 Å². The topological polar surface area (TPSA) is 47.6 Å². The van der Waals surface area contributed by atoms with Crippen LogP contribution in [0, 0.1) is 22.7 Å². The largest absolute Gasteiger partial charge is 0.192 e. The molecule has 0 fully saturated rings. The maximum absolute atomic E-state index is 10.0. The van der Waals surface area contributed by atoms with Crippen molar-refractivity contribution in [3.05, 3.63) is 169 Å². The van der Waals surface area contributed by atoms with Crippen LogP contribution in [-0.4, -0.2) is 0 Å². The molecule has 2 aliphatic rings. The fraction of sp³-hybridized carbons (Fsp3) is 0. The van der Waals surface area contributed by atoms with E-state index in [1.807, 2.05) is 36.4 Å². The van der Waals surface area contributed by atoms with Crippen molar-refractivity contribution in [2.75, 3.05) is 0 Å². The molecule has 0 aliphatic heterocycles. The molecule has 12 rings (SSSR count). The number of nitrogens with zero attached hydrogens (tertiary/aromatic N) is 2. The van der Waals surface area contributed by atoms with Gasteiger partial charge in [-0.25, -0.2) is 0 Å². The second-order valence-corrected chi connectivity index (χ2v) is 14.6. The summed E-state index contributed by atoms with van der Waals surface area (Å²) in [6.45, 7) is 0. The smallest absolute Gasteiger partial charge is 0.0991 e. The molecule has 0 N–H and O–H groups in total. The first-order valence-corrected chi connectivity index (χ1v) is 18.3. The Morgan fingerprint density at radius 2 is 0.759 bits per heavy atom. The van der Waals surface area contributed by atoms with Crippen LogP contribution in [-0.2, 0) is 0 Å². The highest BCUT2D eigenvalue weighted by atomic mass is 14.3. The molecule has 0 spiro atoms. The standard InChI is InChI=1S/C52H26N2/c53-27-29-7-1-13-33(21-29)41-23-42-35(43-24-44-36-15-3-9-31-10-4-16-37(49(31)36)45(44)25-47(41)43)19-20-39-46(42)26-48-38-17-5-11-32-12-6-18-40(50(32)38)52(48)51(39)34-14-2-8-30(22-34)28-54/h1-26H. The van der Waals surface area contributed by atoms with E-state index >= 15 is 0 Å². The van der Waals surface area contributed by atoms with E-state index in [-0.39, 0.29) is 0 Å². The zero-order chi connectivity index (χ0) is 35.7. The van der Waals surface area contributed by atoms with Gasteiger partial charge in [-0.05, 0) is 169 Å². The van der Waals surface area contributed by atoms with Crippen LogP contribution in [0.4, 0.5) is 0 Å². The number of hydrogen-bond donors (Lipinski definition) is 0. The Labute approximate surface area is 311 Å². The van der Waals surface area contributed by atoms with Gasteiger partial charge in [0.25, 0.3) is 0 Å². The van der Waals surface area contributed by atoms with E-state index in [0.717, 1.165) is 33.0 Å². The fourth-order valence-corrected chi connectivity index (χ4v) is 9.69. The SMILES string of the molecule is N#Cc1cccc(-c2cc3c4cc5c(c(-c6cccc(C#N)c6)c4ccc3c3cc4c(cc23)-c2cccc3cccc-4c23)-c2cccc3cccc-5c23)c1. The Morgan fingerprint density at radius 3 is 1.43 bits per heavy atom. The predicted octanol–water partition coefficient (Wildman–Crippen LogP) is 13.8. The lowest BCUT2D eigenvalue weighted by atomic mass is 9.84. The number of rotatable bonds is 2. The Kier molecular flexibility index (Phi) is 5.67. The Morgan fingerprint density at radius 1 is 0.296 bits per heavy atom. The van der Waals surface area contributed by atoms with E-state index in [1.165, 1.54) is 87.6 Å². The molecule has 0 bridgehead atoms. The van der Waals surface area contributed by atoms with E-state index in [1.54, 1.807) is 0 Å². The van der Waals surface area contributed by atoms with Crippen LogP contribution in [0.2, 0.25) is 0 Å². The summed E-state index contributed by atoms with van der Waals surface area (Å²) in [5.41, 5.74) is 15.5. The summed E-state index contributed by atoms with van der Waals surface area (Å²) in [5.74, 6) is 0. The first-order chi connectivity index (χ1) is 26.7. The monoisotopic (exact) mass is 678 g/mol. The van der Waals surface area contributed by atoms with Gasteiger partial charge in [0.1, 0.15) is 0 Å². The van der Waals surface area contributed by atoms with Gasteiger partial charge in [-0.2, -0.15) is 10.5 Å². The molecule has 0 saturated carbocycles. The first kappa shape index (κ1) is 29.1. The molecule has 10 aromatic rings. The van der Waals surface area contributed by atoms with Crippen molar-refractivity contribution in [1.29, 1.82) is 10.5 Å². The average molecular weight is 679 g/mol. The van der Waals surface area contributed by atoms with E-state index in [9.17, 15) is 10.5 Å². The predicted molar refractivity (Wildman–Crippen MR) is 223 cm³/mol. The van der Waals surface area contributed by atoms with Crippen LogP contribution < -0.4 is 0 Å². The third-order valence-electron chi connectivity index (χ3n) is 11.9. The van der Waals surface area contributed by atoms with Crippen molar-refractivity contribution in [2.45, 2.75) is 0 Å². The highest BCUT2D eigenvalue weighted by Gasteiger charge is 2.28. The van der Waals surface area contributed by atoms with Gasteiger partial charge in [-0.1, -0.05) is 109 Å². The van der Waals surface area contributed by atoms with Crippen molar-refractivity contribution in [3.63, 3.8) is 0 Å². The lowest BCUT2D eigenvalue weighted by molar-refractivity contribution is 1.48. The average Bonchev–Trinajstić information content (AvgIpc) is 3.72. The summed E-state index contributed by atoms with van der Waals surface area (Å²) < 4.78 is 0. The van der Waals surface area contributed by atoms with Gasteiger partial charge >= 0.3 is 0 Å². The van der Waals surface area contributed by atoms with Gasteiger partial charge in [0, 0.05) is 0 Å². The van der Waals surface area contributed by atoms with Crippen LogP contribution >= 0.6 is 0 Å². The van der Waals surface area contributed by atoms with Gasteiger partial charge in [0.2, 0.25) is 0 Å². The third-order valence-corrected chi connectivity index (χ3v) is 11.9. The third kappa shape index (κ3) is 3.76. The lowest BCUT2D eigenvalue weighted by Gasteiger charge is -2.19. The fourth-order valence-electron chi connectivity index (χ4n) is 9.69. The molecule has 0 radical (unpaired) electrons. The molecule has 54 heavy (non-hydrogen) atoms. The molecule has 2 heteroatoms. The number of hydrogen-bond acceptors (Lipinski definition) is 2. The second-order valence-electron chi connectivity index (χ2n) is 14.6. The van der Waals surface area contributed by atoms with Crippen LogP contribution in [0.15, 0.2) is 158 Å². The molecule has 0 saturated heterocycles. The minimum absolute atomic E-state index is 0.639. The molecule has 0 aromatic heterocycles. The van der Waals surface area contributed by atoms with E-state index in [2.05, 4.69) is 133 Å². The maximum Gasteiger partial charge on any atom is 0.0991 e. The quantitative estimate of drug-likeness (QED) is 0.171. The molecule has 2 aliphatic carbocycles. The van der Waals surface area contributed by atoms with Crippen LogP contribution in [0.25, 0.3) is 121 Å². The molecule has 10 aromatic carbocycles. The molecule has 244 valence electrons. The molecule has 0 amide bonds. The zero-order valence-corrected chi connectivity index (χ0v) is 28.9. The minimum atomic E-state index is 0.639. The summed E-state index contributed by atoms with van der Waals surface area (Å²) >= 11 is 0. The van der Waals surface area contributed by atoms with Crippen molar-refractivity contribution < 1.29 is 0 Å². The Balaban J connectivity index is 1.27. The minimum Gasteiger partial charge on any atom is -0.192 e.